The monoisotopic (exact) mass is 449 g/mol. The summed E-state index contributed by atoms with van der Waals surface area (Å²) in [6.07, 6.45) is 3.64. The van der Waals surface area contributed by atoms with Gasteiger partial charge in [0.1, 0.15) is 24.8 Å². The molecule has 174 valence electrons. The Morgan fingerprint density at radius 1 is 1.18 bits per heavy atom. The molecule has 0 bridgehead atoms. The molecule has 1 aliphatic rings. The molecule has 4 rings (SSSR count). The highest BCUT2D eigenvalue weighted by Gasteiger charge is 2.22. The summed E-state index contributed by atoms with van der Waals surface area (Å²) in [7, 11) is 1.66. The van der Waals surface area contributed by atoms with Gasteiger partial charge in [0.25, 0.3) is 0 Å². The molecule has 0 radical (unpaired) electrons. The molecule has 9 heteroatoms. The van der Waals surface area contributed by atoms with Crippen molar-refractivity contribution in [2.24, 2.45) is 4.99 Å². The van der Waals surface area contributed by atoms with E-state index in [1.165, 1.54) is 0 Å². The quantitative estimate of drug-likeness (QED) is 0.382. The maximum atomic E-state index is 5.81. The fraction of sp³-hybridized carbons (Fsp3) is 0.417. The molecule has 0 aliphatic carbocycles. The molecule has 1 aliphatic heterocycles. The summed E-state index contributed by atoms with van der Waals surface area (Å²) in [6.45, 7) is 5.10. The van der Waals surface area contributed by atoms with Crippen LogP contribution in [0.3, 0.4) is 0 Å². The second-order valence-electron chi connectivity index (χ2n) is 7.89. The number of guanidine groups is 1. The predicted molar refractivity (Wildman–Crippen MR) is 126 cm³/mol. The molecule has 3 heterocycles. The Hall–Kier alpha value is -3.46. The van der Waals surface area contributed by atoms with Gasteiger partial charge in [0.2, 0.25) is 0 Å². The largest absolute Gasteiger partial charge is 0.487 e. The Morgan fingerprint density at radius 2 is 2.06 bits per heavy atom. The molecule has 33 heavy (non-hydrogen) atoms. The number of methoxy groups -OCH3 is 1. The van der Waals surface area contributed by atoms with Crippen molar-refractivity contribution >= 4 is 5.96 Å². The van der Waals surface area contributed by atoms with E-state index in [4.69, 9.17) is 14.5 Å². The first kappa shape index (κ1) is 22.7. The maximum Gasteiger partial charge on any atom is 0.191 e. The van der Waals surface area contributed by atoms with E-state index in [1.807, 2.05) is 47.1 Å². The topological polar surface area (TPSA) is 98.5 Å². The number of rotatable bonds is 9. The fourth-order valence-corrected chi connectivity index (χ4v) is 3.68. The predicted octanol–water partition coefficient (Wildman–Crippen LogP) is 2.47. The van der Waals surface area contributed by atoms with Gasteiger partial charge in [0.15, 0.2) is 11.8 Å². The van der Waals surface area contributed by atoms with Gasteiger partial charge in [-0.25, -0.2) is 14.7 Å². The first-order chi connectivity index (χ1) is 16.2. The highest BCUT2D eigenvalue weighted by Crippen LogP contribution is 2.15. The second-order valence-corrected chi connectivity index (χ2v) is 7.89. The highest BCUT2D eigenvalue weighted by molar-refractivity contribution is 5.80. The van der Waals surface area contributed by atoms with Crippen molar-refractivity contribution in [1.82, 2.24) is 30.4 Å². The number of benzene rings is 1. The van der Waals surface area contributed by atoms with Crippen LogP contribution in [0, 0.1) is 0 Å². The van der Waals surface area contributed by atoms with Crippen LogP contribution in [0.25, 0.3) is 0 Å². The van der Waals surface area contributed by atoms with Gasteiger partial charge in [-0.1, -0.05) is 18.2 Å². The number of aryl methyl sites for hydroxylation is 1. The van der Waals surface area contributed by atoms with Crippen molar-refractivity contribution in [1.29, 1.82) is 0 Å². The van der Waals surface area contributed by atoms with Crippen LogP contribution in [0.15, 0.2) is 53.7 Å². The van der Waals surface area contributed by atoms with Crippen molar-refractivity contribution in [3.8, 4) is 5.75 Å². The molecule has 9 nitrogen and oxygen atoms in total. The zero-order chi connectivity index (χ0) is 22.9. The molecule has 2 N–H and O–H groups in total. The van der Waals surface area contributed by atoms with Gasteiger partial charge in [0, 0.05) is 32.3 Å². The third-order valence-electron chi connectivity index (χ3n) is 5.32. The summed E-state index contributed by atoms with van der Waals surface area (Å²) < 4.78 is 12.9. The Labute approximate surface area is 194 Å². The molecule has 0 fully saturated rings. The SMILES string of the molecule is CCNC(=NCc1ccc(OCc2ccccn2)cc1)NC1CCc2nc(COC)nn2C1. The van der Waals surface area contributed by atoms with Gasteiger partial charge in [0.05, 0.1) is 18.8 Å². The summed E-state index contributed by atoms with van der Waals surface area (Å²) in [6, 6.07) is 14.1. The number of ether oxygens (including phenoxy) is 2. The van der Waals surface area contributed by atoms with Gasteiger partial charge >= 0.3 is 0 Å². The third-order valence-corrected chi connectivity index (χ3v) is 5.32. The molecule has 0 amide bonds. The van der Waals surface area contributed by atoms with Gasteiger partial charge in [-0.2, -0.15) is 5.10 Å². The average molecular weight is 450 g/mol. The molecular weight excluding hydrogens is 418 g/mol. The molecule has 2 aromatic heterocycles. The zero-order valence-electron chi connectivity index (χ0n) is 19.2. The van der Waals surface area contributed by atoms with E-state index >= 15 is 0 Å². The standard InChI is InChI=1S/C24H31N7O2/c1-3-25-24(28-19-9-12-23-29-22(17-32-2)30-31(23)15-19)27-14-18-7-10-21(11-8-18)33-16-20-6-4-5-13-26-20/h4-8,10-11,13,19H,3,9,12,14-17H2,1-2H3,(H2,25,27,28). The summed E-state index contributed by atoms with van der Waals surface area (Å²) in [5, 5.41) is 11.4. The van der Waals surface area contributed by atoms with E-state index in [-0.39, 0.29) is 6.04 Å². The summed E-state index contributed by atoms with van der Waals surface area (Å²) in [5.74, 6) is 3.38. The number of nitrogens with one attached hydrogen (secondary N) is 2. The first-order valence-electron chi connectivity index (χ1n) is 11.3. The average Bonchev–Trinajstić information content (AvgIpc) is 3.25. The van der Waals surface area contributed by atoms with Gasteiger partial charge in [-0.3, -0.25) is 4.98 Å². The lowest BCUT2D eigenvalue weighted by Crippen LogP contribution is -2.47. The Bertz CT molecular complexity index is 1030. The van der Waals surface area contributed by atoms with Crippen LogP contribution in [0.1, 0.15) is 36.3 Å². The summed E-state index contributed by atoms with van der Waals surface area (Å²) >= 11 is 0. The normalized spacial score (nSPS) is 15.7. The van der Waals surface area contributed by atoms with E-state index < -0.39 is 0 Å². The lowest BCUT2D eigenvalue weighted by atomic mass is 10.1. The maximum absolute atomic E-state index is 5.81. The molecule has 0 saturated heterocycles. The van der Waals surface area contributed by atoms with Crippen LogP contribution in [0.4, 0.5) is 0 Å². The molecule has 1 aromatic carbocycles. The van der Waals surface area contributed by atoms with Crippen molar-refractivity contribution in [3.63, 3.8) is 0 Å². The smallest absolute Gasteiger partial charge is 0.191 e. The van der Waals surface area contributed by atoms with Crippen LogP contribution < -0.4 is 15.4 Å². The van der Waals surface area contributed by atoms with Crippen LogP contribution in [0.2, 0.25) is 0 Å². The number of fused-ring (bicyclic) bond motifs is 1. The number of aromatic nitrogens is 4. The lowest BCUT2D eigenvalue weighted by Gasteiger charge is -2.25. The van der Waals surface area contributed by atoms with E-state index in [0.717, 1.165) is 60.5 Å². The summed E-state index contributed by atoms with van der Waals surface area (Å²) in [5.41, 5.74) is 2.02. The summed E-state index contributed by atoms with van der Waals surface area (Å²) in [4.78, 5) is 13.6. The molecule has 0 saturated carbocycles. The van der Waals surface area contributed by atoms with E-state index in [0.29, 0.717) is 19.8 Å². The first-order valence-corrected chi connectivity index (χ1v) is 11.3. The fourth-order valence-electron chi connectivity index (χ4n) is 3.68. The van der Waals surface area contributed by atoms with E-state index in [1.54, 1.807) is 13.3 Å². The third kappa shape index (κ3) is 6.52. The van der Waals surface area contributed by atoms with Gasteiger partial charge in [-0.15, -0.1) is 0 Å². The van der Waals surface area contributed by atoms with Crippen LogP contribution >= 0.6 is 0 Å². The van der Waals surface area contributed by atoms with Crippen molar-refractivity contribution < 1.29 is 9.47 Å². The van der Waals surface area contributed by atoms with Crippen molar-refractivity contribution in [2.75, 3.05) is 13.7 Å². The molecular formula is C24H31N7O2. The number of pyridine rings is 1. The van der Waals surface area contributed by atoms with Crippen molar-refractivity contribution in [3.05, 3.63) is 71.6 Å². The van der Waals surface area contributed by atoms with Crippen LogP contribution in [-0.4, -0.2) is 45.4 Å². The van der Waals surface area contributed by atoms with E-state index in [9.17, 15) is 0 Å². The molecule has 0 spiro atoms. The van der Waals surface area contributed by atoms with E-state index in [2.05, 4.69) is 32.6 Å². The number of nitrogens with zero attached hydrogens (tertiary/aromatic N) is 5. The molecule has 3 aromatic rings. The van der Waals surface area contributed by atoms with Gasteiger partial charge in [-0.05, 0) is 43.2 Å². The van der Waals surface area contributed by atoms with Gasteiger partial charge < -0.3 is 20.1 Å². The number of aliphatic imine (C=N–C) groups is 1. The Morgan fingerprint density at radius 3 is 2.82 bits per heavy atom. The molecule has 1 unspecified atom stereocenters. The Balaban J connectivity index is 1.31. The molecule has 1 atom stereocenters. The minimum absolute atomic E-state index is 0.245. The zero-order valence-corrected chi connectivity index (χ0v) is 19.2. The number of hydrogen-bond donors (Lipinski definition) is 2. The lowest BCUT2D eigenvalue weighted by molar-refractivity contribution is 0.177. The minimum atomic E-state index is 0.245. The van der Waals surface area contributed by atoms with Crippen LogP contribution in [-0.2, 0) is 37.5 Å². The van der Waals surface area contributed by atoms with Crippen molar-refractivity contribution in [2.45, 2.75) is 52.1 Å². The minimum Gasteiger partial charge on any atom is -0.487 e. The van der Waals surface area contributed by atoms with Crippen LogP contribution in [0.5, 0.6) is 5.75 Å². The highest BCUT2D eigenvalue weighted by atomic mass is 16.5. The number of hydrogen-bond acceptors (Lipinski definition) is 6. The Kier molecular flexibility index (Phi) is 7.86. The second kappa shape index (κ2) is 11.4.